The molecule has 0 aliphatic carbocycles. The van der Waals surface area contributed by atoms with Crippen molar-refractivity contribution in [1.82, 2.24) is 5.32 Å². The smallest absolute Gasteiger partial charge is 0.0371 e. The van der Waals surface area contributed by atoms with Crippen LogP contribution in [0.3, 0.4) is 0 Å². The Morgan fingerprint density at radius 2 is 1.81 bits per heavy atom. The zero-order chi connectivity index (χ0) is 11.6. The van der Waals surface area contributed by atoms with Crippen molar-refractivity contribution in [3.63, 3.8) is 0 Å². The Labute approximate surface area is 98.7 Å². The Bertz CT molecular complexity index is 340. The third-order valence-electron chi connectivity index (χ3n) is 3.50. The minimum absolute atomic E-state index is 0.249. The van der Waals surface area contributed by atoms with Crippen LogP contribution in [0.15, 0.2) is 24.3 Å². The third-order valence-corrected chi connectivity index (χ3v) is 3.50. The summed E-state index contributed by atoms with van der Waals surface area (Å²) in [6.45, 7) is 10.1. The van der Waals surface area contributed by atoms with Crippen molar-refractivity contribution < 1.29 is 0 Å². The highest BCUT2D eigenvalue weighted by atomic mass is 15.2. The molecule has 2 rings (SSSR count). The zero-order valence-corrected chi connectivity index (χ0v) is 10.6. The largest absolute Gasteiger partial charge is 0.365 e. The lowest BCUT2D eigenvalue weighted by Crippen LogP contribution is -2.44. The van der Waals surface area contributed by atoms with Gasteiger partial charge in [0.15, 0.2) is 0 Å². The maximum absolute atomic E-state index is 3.47. The molecule has 2 heteroatoms. The van der Waals surface area contributed by atoms with E-state index < -0.39 is 0 Å². The molecule has 1 aromatic rings. The van der Waals surface area contributed by atoms with Crippen LogP contribution >= 0.6 is 0 Å². The number of aryl methyl sites for hydroxylation is 1. The van der Waals surface area contributed by atoms with Crippen LogP contribution in [0.2, 0.25) is 0 Å². The van der Waals surface area contributed by atoms with Crippen LogP contribution in [-0.2, 0) is 0 Å². The summed E-state index contributed by atoms with van der Waals surface area (Å²) in [6, 6.07) is 8.87. The number of benzene rings is 1. The number of hydrogen-bond acceptors (Lipinski definition) is 2. The zero-order valence-electron chi connectivity index (χ0n) is 10.6. The van der Waals surface area contributed by atoms with Gasteiger partial charge < -0.3 is 10.2 Å². The third kappa shape index (κ3) is 2.38. The van der Waals surface area contributed by atoms with Crippen molar-refractivity contribution in [1.29, 1.82) is 0 Å². The van der Waals surface area contributed by atoms with Crippen LogP contribution in [0.1, 0.15) is 25.8 Å². The molecule has 0 spiro atoms. The first kappa shape index (κ1) is 11.5. The second-order valence-corrected chi connectivity index (χ2v) is 5.30. The van der Waals surface area contributed by atoms with E-state index in [9.17, 15) is 0 Å². The Balaban J connectivity index is 2.26. The minimum Gasteiger partial charge on any atom is -0.365 e. The van der Waals surface area contributed by atoms with Crippen molar-refractivity contribution in [2.75, 3.05) is 24.5 Å². The summed E-state index contributed by atoms with van der Waals surface area (Å²) in [5.74, 6) is 0. The molecule has 1 aromatic carbocycles. The maximum Gasteiger partial charge on any atom is 0.0371 e. The Hall–Kier alpha value is -1.02. The summed E-state index contributed by atoms with van der Waals surface area (Å²) in [5.41, 5.74) is 2.92. The van der Waals surface area contributed by atoms with Crippen molar-refractivity contribution in [3.8, 4) is 0 Å². The van der Waals surface area contributed by atoms with Gasteiger partial charge in [0.05, 0.1) is 0 Å². The van der Waals surface area contributed by atoms with E-state index in [0.29, 0.717) is 0 Å². The molecule has 0 aromatic heterocycles. The first-order valence-corrected chi connectivity index (χ1v) is 6.15. The lowest BCUT2D eigenvalue weighted by atomic mass is 9.97. The number of nitrogens with zero attached hydrogens (tertiary/aromatic N) is 1. The van der Waals surface area contributed by atoms with E-state index in [0.717, 1.165) is 19.6 Å². The summed E-state index contributed by atoms with van der Waals surface area (Å²) < 4.78 is 0. The molecule has 0 atom stereocenters. The summed E-state index contributed by atoms with van der Waals surface area (Å²) in [5, 5.41) is 3.47. The van der Waals surface area contributed by atoms with Crippen LogP contribution in [0.5, 0.6) is 0 Å². The van der Waals surface area contributed by atoms with Gasteiger partial charge in [0.2, 0.25) is 0 Å². The van der Waals surface area contributed by atoms with Gasteiger partial charge >= 0.3 is 0 Å². The van der Waals surface area contributed by atoms with Crippen molar-refractivity contribution in [2.45, 2.75) is 32.7 Å². The Morgan fingerprint density at radius 1 is 1.12 bits per heavy atom. The standard InChI is InChI=1S/C14H22N2/c1-12-4-6-13(7-5-12)16-11-10-15-9-8-14(16,2)3/h4-7,15H,8-11H2,1-3H3. The van der Waals surface area contributed by atoms with E-state index >= 15 is 0 Å². The van der Waals surface area contributed by atoms with Crippen molar-refractivity contribution in [3.05, 3.63) is 29.8 Å². The van der Waals surface area contributed by atoms with E-state index in [1.807, 2.05) is 0 Å². The van der Waals surface area contributed by atoms with Gasteiger partial charge in [-0.05, 0) is 45.9 Å². The highest BCUT2D eigenvalue weighted by molar-refractivity contribution is 5.50. The second kappa shape index (κ2) is 4.46. The first-order chi connectivity index (χ1) is 7.59. The monoisotopic (exact) mass is 218 g/mol. The molecule has 1 N–H and O–H groups in total. The second-order valence-electron chi connectivity index (χ2n) is 5.30. The molecule has 0 bridgehead atoms. The van der Waals surface area contributed by atoms with E-state index in [-0.39, 0.29) is 5.54 Å². The minimum atomic E-state index is 0.249. The van der Waals surface area contributed by atoms with Crippen LogP contribution in [0.4, 0.5) is 5.69 Å². The van der Waals surface area contributed by atoms with Crippen LogP contribution < -0.4 is 10.2 Å². The van der Waals surface area contributed by atoms with Crippen molar-refractivity contribution in [2.24, 2.45) is 0 Å². The predicted molar refractivity (Wildman–Crippen MR) is 70.1 cm³/mol. The molecule has 1 fully saturated rings. The highest BCUT2D eigenvalue weighted by Gasteiger charge is 2.28. The summed E-state index contributed by atoms with van der Waals surface area (Å²) in [4.78, 5) is 2.52. The average molecular weight is 218 g/mol. The summed E-state index contributed by atoms with van der Waals surface area (Å²) in [6.07, 6.45) is 1.20. The molecule has 1 heterocycles. The fraction of sp³-hybridized carbons (Fsp3) is 0.571. The van der Waals surface area contributed by atoms with Gasteiger partial charge in [0.1, 0.15) is 0 Å². The van der Waals surface area contributed by atoms with Crippen LogP contribution in [0.25, 0.3) is 0 Å². The number of hydrogen-bond donors (Lipinski definition) is 1. The Morgan fingerprint density at radius 3 is 2.50 bits per heavy atom. The van der Waals surface area contributed by atoms with Gasteiger partial charge in [-0.25, -0.2) is 0 Å². The van der Waals surface area contributed by atoms with Gasteiger partial charge in [-0.3, -0.25) is 0 Å². The molecule has 1 aliphatic rings. The van der Waals surface area contributed by atoms with Gasteiger partial charge in [-0.15, -0.1) is 0 Å². The fourth-order valence-electron chi connectivity index (χ4n) is 2.35. The molecule has 1 saturated heterocycles. The molecule has 88 valence electrons. The maximum atomic E-state index is 3.47. The van der Waals surface area contributed by atoms with Crippen molar-refractivity contribution >= 4 is 5.69 Å². The molecule has 16 heavy (non-hydrogen) atoms. The molecule has 1 aliphatic heterocycles. The van der Waals surface area contributed by atoms with E-state index in [1.54, 1.807) is 0 Å². The molecule has 0 saturated carbocycles. The number of nitrogens with one attached hydrogen (secondary N) is 1. The van der Waals surface area contributed by atoms with Gasteiger partial charge in [-0.2, -0.15) is 0 Å². The summed E-state index contributed by atoms with van der Waals surface area (Å²) in [7, 11) is 0. The quantitative estimate of drug-likeness (QED) is 0.779. The highest BCUT2D eigenvalue weighted by Crippen LogP contribution is 2.27. The molecule has 2 nitrogen and oxygen atoms in total. The van der Waals surface area contributed by atoms with Crippen LogP contribution in [-0.4, -0.2) is 25.2 Å². The SMILES string of the molecule is Cc1ccc(N2CCNCCC2(C)C)cc1. The normalized spacial score (nSPS) is 20.6. The number of anilines is 1. The molecular weight excluding hydrogens is 196 g/mol. The predicted octanol–water partition coefficient (Wildman–Crippen LogP) is 2.57. The van der Waals surface area contributed by atoms with E-state index in [4.69, 9.17) is 0 Å². The molecule has 0 radical (unpaired) electrons. The fourth-order valence-corrected chi connectivity index (χ4v) is 2.35. The molecule has 0 unspecified atom stereocenters. The van der Waals surface area contributed by atoms with E-state index in [2.05, 4.69) is 55.3 Å². The molecule has 0 amide bonds. The first-order valence-electron chi connectivity index (χ1n) is 6.15. The van der Waals surface area contributed by atoms with E-state index in [1.165, 1.54) is 17.7 Å². The lowest BCUT2D eigenvalue weighted by Gasteiger charge is -2.39. The van der Waals surface area contributed by atoms with Gasteiger partial charge in [0, 0.05) is 24.3 Å². The molecular formula is C14H22N2. The Kier molecular flexibility index (Phi) is 3.20. The van der Waals surface area contributed by atoms with Crippen LogP contribution in [0, 0.1) is 6.92 Å². The summed E-state index contributed by atoms with van der Waals surface area (Å²) >= 11 is 0. The number of rotatable bonds is 1. The van der Waals surface area contributed by atoms with Gasteiger partial charge in [-0.1, -0.05) is 17.7 Å². The lowest BCUT2D eigenvalue weighted by molar-refractivity contribution is 0.454. The van der Waals surface area contributed by atoms with Gasteiger partial charge in [0.25, 0.3) is 0 Å². The topological polar surface area (TPSA) is 15.3 Å². The average Bonchev–Trinajstić information content (AvgIpc) is 2.41.